The maximum absolute atomic E-state index is 13.6. The molecule has 0 aliphatic carbocycles. The van der Waals surface area contributed by atoms with Gasteiger partial charge in [-0.1, -0.05) is 18.2 Å². The van der Waals surface area contributed by atoms with Crippen LogP contribution in [0.4, 0.5) is 21.6 Å². The lowest BCUT2D eigenvalue weighted by Crippen LogP contribution is -2.52. The smallest absolute Gasteiger partial charge is 0.306 e. The van der Waals surface area contributed by atoms with Crippen molar-refractivity contribution in [2.75, 3.05) is 50.0 Å². The number of halogens is 2. The number of piperazine rings is 1. The fraction of sp³-hybridized carbons (Fsp3) is 0.321. The number of benzene rings is 2. The molecule has 2 aliphatic rings. The first kappa shape index (κ1) is 28.2. The van der Waals surface area contributed by atoms with Gasteiger partial charge in [0, 0.05) is 62.7 Å². The van der Waals surface area contributed by atoms with Crippen molar-refractivity contribution in [2.45, 2.75) is 18.9 Å². The lowest BCUT2D eigenvalue weighted by Gasteiger charge is -2.35. The lowest BCUT2D eigenvalue weighted by atomic mass is 10.1. The molecule has 41 heavy (non-hydrogen) atoms. The number of fused-ring (bicyclic) bond motifs is 1. The quantitative estimate of drug-likeness (QED) is 0.288. The summed E-state index contributed by atoms with van der Waals surface area (Å²) in [5.41, 5.74) is 1.49. The standard InChI is InChI=1S/C28H28ClFN6O5/c1-2-25(37)34-22-14-18-21(31-16-32-27(18)33-17-3-4-20(30)19(29)13-17)15-24(22)40-12-11-35-7-9-36(10-8-35)28(39)23-5-6-26(38)41-23/h2-4,13-16,23H,1,5-12H2,(H,34,37)(H,31,32,33). The van der Waals surface area contributed by atoms with Gasteiger partial charge in [-0.3, -0.25) is 19.3 Å². The van der Waals surface area contributed by atoms with E-state index in [4.69, 9.17) is 21.1 Å². The van der Waals surface area contributed by atoms with Gasteiger partial charge in [-0.25, -0.2) is 14.4 Å². The Balaban J connectivity index is 1.25. The molecule has 11 nitrogen and oxygen atoms in total. The monoisotopic (exact) mass is 582 g/mol. The van der Waals surface area contributed by atoms with Crippen molar-refractivity contribution in [3.63, 3.8) is 0 Å². The van der Waals surface area contributed by atoms with Crippen molar-refractivity contribution in [2.24, 2.45) is 0 Å². The summed E-state index contributed by atoms with van der Waals surface area (Å²) >= 11 is 5.92. The van der Waals surface area contributed by atoms with E-state index in [9.17, 15) is 18.8 Å². The number of rotatable bonds is 9. The van der Waals surface area contributed by atoms with Gasteiger partial charge in [-0.05, 0) is 30.3 Å². The average molecular weight is 583 g/mol. The molecule has 1 aromatic heterocycles. The lowest BCUT2D eigenvalue weighted by molar-refractivity contribution is -0.153. The summed E-state index contributed by atoms with van der Waals surface area (Å²) in [7, 11) is 0. The average Bonchev–Trinajstić information content (AvgIpc) is 3.41. The number of amides is 2. The van der Waals surface area contributed by atoms with Crippen molar-refractivity contribution in [1.29, 1.82) is 0 Å². The number of cyclic esters (lactones) is 1. The van der Waals surface area contributed by atoms with Crippen LogP contribution in [0.15, 0.2) is 49.3 Å². The van der Waals surface area contributed by atoms with E-state index in [0.717, 1.165) is 6.08 Å². The Labute approximate surface area is 240 Å². The molecule has 2 aliphatic heterocycles. The van der Waals surface area contributed by atoms with E-state index >= 15 is 0 Å². The first-order valence-electron chi connectivity index (χ1n) is 13.1. The molecule has 0 bridgehead atoms. The number of ether oxygens (including phenoxy) is 2. The summed E-state index contributed by atoms with van der Waals surface area (Å²) in [5, 5.41) is 6.44. The molecular weight excluding hydrogens is 555 g/mol. The molecule has 0 radical (unpaired) electrons. The molecule has 5 rings (SSSR count). The van der Waals surface area contributed by atoms with Crippen LogP contribution in [0, 0.1) is 5.82 Å². The molecule has 1 atom stereocenters. The second-order valence-corrected chi connectivity index (χ2v) is 9.97. The van der Waals surface area contributed by atoms with E-state index < -0.39 is 17.8 Å². The van der Waals surface area contributed by atoms with Crippen LogP contribution >= 0.6 is 11.6 Å². The van der Waals surface area contributed by atoms with Crippen LogP contribution in [-0.4, -0.2) is 83.0 Å². The first-order valence-corrected chi connectivity index (χ1v) is 13.5. The number of esters is 1. The third kappa shape index (κ3) is 6.72. The molecule has 2 saturated heterocycles. The Morgan fingerprint density at radius 2 is 2.00 bits per heavy atom. The molecule has 2 N–H and O–H groups in total. The number of nitrogens with one attached hydrogen (secondary N) is 2. The molecule has 13 heteroatoms. The van der Waals surface area contributed by atoms with Gasteiger partial charge in [-0.15, -0.1) is 0 Å². The van der Waals surface area contributed by atoms with Gasteiger partial charge < -0.3 is 25.0 Å². The molecule has 214 valence electrons. The van der Waals surface area contributed by atoms with Crippen LogP contribution in [0.2, 0.25) is 5.02 Å². The number of carbonyl (C=O) groups excluding carboxylic acids is 3. The fourth-order valence-corrected chi connectivity index (χ4v) is 4.86. The Bertz CT molecular complexity index is 1500. The number of anilines is 3. The highest BCUT2D eigenvalue weighted by atomic mass is 35.5. The van der Waals surface area contributed by atoms with Crippen molar-refractivity contribution in [1.82, 2.24) is 19.8 Å². The third-order valence-electron chi connectivity index (χ3n) is 6.87. The van der Waals surface area contributed by atoms with Gasteiger partial charge in [-0.2, -0.15) is 0 Å². The van der Waals surface area contributed by atoms with Crippen LogP contribution in [0.5, 0.6) is 5.75 Å². The topological polar surface area (TPSA) is 126 Å². The maximum atomic E-state index is 13.6. The molecule has 2 aromatic carbocycles. The molecule has 3 heterocycles. The predicted octanol–water partition coefficient (Wildman–Crippen LogP) is 3.52. The van der Waals surface area contributed by atoms with Gasteiger partial charge in [0.1, 0.15) is 30.3 Å². The van der Waals surface area contributed by atoms with Gasteiger partial charge in [0.15, 0.2) is 6.10 Å². The maximum Gasteiger partial charge on any atom is 0.306 e. The van der Waals surface area contributed by atoms with E-state index in [0.29, 0.717) is 79.6 Å². The Kier molecular flexibility index (Phi) is 8.60. The number of carbonyl (C=O) groups is 3. The van der Waals surface area contributed by atoms with Crippen molar-refractivity contribution in [3.05, 3.63) is 60.2 Å². The number of hydrogen-bond donors (Lipinski definition) is 2. The molecule has 1 unspecified atom stereocenters. The Hall–Kier alpha value is -4.29. The zero-order valence-corrected chi connectivity index (χ0v) is 22.8. The predicted molar refractivity (Wildman–Crippen MR) is 151 cm³/mol. The van der Waals surface area contributed by atoms with Crippen LogP contribution in [-0.2, 0) is 19.1 Å². The van der Waals surface area contributed by atoms with Crippen LogP contribution in [0.1, 0.15) is 12.8 Å². The summed E-state index contributed by atoms with van der Waals surface area (Å²) in [6.07, 6.45) is 2.59. The second kappa shape index (κ2) is 12.5. The highest BCUT2D eigenvalue weighted by Gasteiger charge is 2.34. The van der Waals surface area contributed by atoms with Gasteiger partial charge in [0.05, 0.1) is 16.2 Å². The zero-order valence-electron chi connectivity index (χ0n) is 22.1. The largest absolute Gasteiger partial charge is 0.490 e. The summed E-state index contributed by atoms with van der Waals surface area (Å²) in [6.45, 7) is 6.82. The minimum atomic E-state index is -0.664. The third-order valence-corrected chi connectivity index (χ3v) is 7.16. The summed E-state index contributed by atoms with van der Waals surface area (Å²) < 4.78 is 24.8. The molecule has 0 saturated carbocycles. The van der Waals surface area contributed by atoms with E-state index in [1.807, 2.05) is 0 Å². The van der Waals surface area contributed by atoms with Crippen molar-refractivity contribution in [3.8, 4) is 5.75 Å². The summed E-state index contributed by atoms with van der Waals surface area (Å²) in [5.74, 6) is -0.568. The van der Waals surface area contributed by atoms with E-state index in [1.165, 1.54) is 24.5 Å². The zero-order chi connectivity index (χ0) is 28.9. The van der Waals surface area contributed by atoms with Gasteiger partial charge >= 0.3 is 5.97 Å². The van der Waals surface area contributed by atoms with Crippen LogP contribution in [0.25, 0.3) is 10.9 Å². The van der Waals surface area contributed by atoms with Gasteiger partial charge in [0.2, 0.25) is 5.91 Å². The molecule has 0 spiro atoms. The SMILES string of the molecule is C=CC(=O)Nc1cc2c(Nc3ccc(F)c(Cl)c3)ncnc2cc1OCCN1CCN(C(=O)C2CCC(=O)O2)CC1. The molecule has 2 fully saturated rings. The molecule has 3 aromatic rings. The van der Waals surface area contributed by atoms with E-state index in [-0.39, 0.29) is 23.3 Å². The summed E-state index contributed by atoms with van der Waals surface area (Å²) in [6, 6.07) is 7.63. The van der Waals surface area contributed by atoms with E-state index in [1.54, 1.807) is 17.0 Å². The first-order chi connectivity index (χ1) is 19.8. The normalized spacial score (nSPS) is 17.3. The Morgan fingerprint density at radius 3 is 2.71 bits per heavy atom. The fourth-order valence-electron chi connectivity index (χ4n) is 4.67. The minimum absolute atomic E-state index is 0.0321. The number of aromatic nitrogens is 2. The van der Waals surface area contributed by atoms with E-state index in [2.05, 4.69) is 32.1 Å². The number of hydrogen-bond acceptors (Lipinski definition) is 9. The minimum Gasteiger partial charge on any atom is -0.490 e. The van der Waals surface area contributed by atoms with Crippen LogP contribution < -0.4 is 15.4 Å². The molecule has 2 amide bonds. The second-order valence-electron chi connectivity index (χ2n) is 9.57. The Morgan fingerprint density at radius 1 is 1.20 bits per heavy atom. The number of nitrogens with zero attached hydrogens (tertiary/aromatic N) is 4. The van der Waals surface area contributed by atoms with Crippen molar-refractivity contribution >= 4 is 57.5 Å². The van der Waals surface area contributed by atoms with Gasteiger partial charge in [0.25, 0.3) is 5.91 Å². The highest BCUT2D eigenvalue weighted by Crippen LogP contribution is 2.34. The molecular formula is C28H28ClFN6O5. The van der Waals surface area contributed by atoms with Crippen molar-refractivity contribution < 1.29 is 28.2 Å². The highest BCUT2D eigenvalue weighted by molar-refractivity contribution is 6.31. The van der Waals surface area contributed by atoms with Crippen LogP contribution in [0.3, 0.4) is 0 Å². The summed E-state index contributed by atoms with van der Waals surface area (Å²) in [4.78, 5) is 48.7.